The molecule has 1 aromatic carbocycles. The summed E-state index contributed by atoms with van der Waals surface area (Å²) in [6.07, 6.45) is 0.757. The molecule has 0 spiro atoms. The Morgan fingerprint density at radius 3 is 2.61 bits per heavy atom. The highest BCUT2D eigenvalue weighted by molar-refractivity contribution is 7.89. The van der Waals surface area contributed by atoms with Gasteiger partial charge in [0.15, 0.2) is 0 Å². The topological polar surface area (TPSA) is 89.7 Å². The Bertz CT molecular complexity index is 676. The van der Waals surface area contributed by atoms with E-state index in [1.807, 2.05) is 6.92 Å². The fourth-order valence-electron chi connectivity index (χ4n) is 2.66. The second kappa shape index (κ2) is 7.61. The first-order chi connectivity index (χ1) is 10.3. The molecular formula is C15H23ClN2O4S. The molecule has 0 saturated carbocycles. The number of aryl methyl sites for hydroxylation is 1. The molecule has 2 rings (SSSR count). The van der Waals surface area contributed by atoms with Crippen molar-refractivity contribution < 1.29 is 17.9 Å². The highest BCUT2D eigenvalue weighted by atomic mass is 35.5. The molecule has 6 nitrogen and oxygen atoms in total. The van der Waals surface area contributed by atoms with Crippen LogP contribution in [0.3, 0.4) is 0 Å². The number of halogens is 1. The minimum absolute atomic E-state index is 0. The van der Waals surface area contributed by atoms with E-state index in [4.69, 9.17) is 5.73 Å². The fraction of sp³-hybridized carbons (Fsp3) is 0.533. The van der Waals surface area contributed by atoms with Gasteiger partial charge in [0.05, 0.1) is 17.6 Å². The van der Waals surface area contributed by atoms with Gasteiger partial charge < -0.3 is 10.5 Å². The van der Waals surface area contributed by atoms with Gasteiger partial charge in [0.2, 0.25) is 10.0 Å². The van der Waals surface area contributed by atoms with Crippen LogP contribution in [0.2, 0.25) is 0 Å². The molecule has 1 aliphatic rings. The zero-order valence-corrected chi connectivity index (χ0v) is 15.1. The molecule has 2 N–H and O–H groups in total. The number of carbonyl (C=O) groups excluding carboxylic acids is 1. The van der Waals surface area contributed by atoms with Crippen LogP contribution in [-0.4, -0.2) is 44.9 Å². The normalized spacial score (nSPS) is 19.9. The monoisotopic (exact) mass is 362 g/mol. The number of esters is 1. The quantitative estimate of drug-likeness (QED) is 0.821. The van der Waals surface area contributed by atoms with Crippen molar-refractivity contribution in [3.8, 4) is 0 Å². The van der Waals surface area contributed by atoms with Crippen molar-refractivity contribution in [1.82, 2.24) is 4.31 Å². The largest absolute Gasteiger partial charge is 0.465 e. The van der Waals surface area contributed by atoms with Gasteiger partial charge in [0.1, 0.15) is 0 Å². The zero-order chi connectivity index (χ0) is 16.5. The van der Waals surface area contributed by atoms with Crippen LogP contribution in [0.4, 0.5) is 0 Å². The summed E-state index contributed by atoms with van der Waals surface area (Å²) >= 11 is 0. The Morgan fingerprint density at radius 2 is 2.09 bits per heavy atom. The van der Waals surface area contributed by atoms with Crippen LogP contribution in [0, 0.1) is 12.8 Å². The summed E-state index contributed by atoms with van der Waals surface area (Å²) in [6, 6.07) is 4.53. The number of sulfonamides is 1. The van der Waals surface area contributed by atoms with Crippen molar-refractivity contribution >= 4 is 28.4 Å². The van der Waals surface area contributed by atoms with Gasteiger partial charge in [-0.1, -0.05) is 6.07 Å². The second-order valence-corrected chi connectivity index (χ2v) is 7.65. The molecule has 0 radical (unpaired) electrons. The molecule has 1 aliphatic heterocycles. The smallest absolute Gasteiger partial charge is 0.337 e. The fourth-order valence-corrected chi connectivity index (χ4v) is 4.43. The van der Waals surface area contributed by atoms with Crippen molar-refractivity contribution in [1.29, 1.82) is 0 Å². The molecule has 1 heterocycles. The maximum absolute atomic E-state index is 12.8. The van der Waals surface area contributed by atoms with Gasteiger partial charge in [0.25, 0.3) is 0 Å². The van der Waals surface area contributed by atoms with Crippen LogP contribution in [0.5, 0.6) is 0 Å². The van der Waals surface area contributed by atoms with E-state index in [1.165, 1.54) is 17.5 Å². The van der Waals surface area contributed by atoms with E-state index in [0.717, 1.165) is 6.42 Å². The Kier molecular flexibility index (Phi) is 6.59. The standard InChI is InChI=1S/C15H22N2O4S.ClH/c1-10-4-5-12(15(18)21-3)8-14(10)22(19,20)17-7-6-13(9-17)11(2)16;/h4-5,8,11,13H,6-7,9,16H2,1-3H3;1H. The third-order valence-electron chi connectivity index (χ3n) is 4.16. The van der Waals surface area contributed by atoms with E-state index >= 15 is 0 Å². The van der Waals surface area contributed by atoms with E-state index in [1.54, 1.807) is 19.1 Å². The second-order valence-electron chi connectivity index (χ2n) is 5.74. The van der Waals surface area contributed by atoms with E-state index in [9.17, 15) is 13.2 Å². The van der Waals surface area contributed by atoms with E-state index in [0.29, 0.717) is 18.7 Å². The lowest BCUT2D eigenvalue weighted by molar-refractivity contribution is 0.0600. The van der Waals surface area contributed by atoms with Gasteiger partial charge in [-0.3, -0.25) is 0 Å². The molecule has 0 aliphatic carbocycles. The lowest BCUT2D eigenvalue weighted by Gasteiger charge is -2.19. The summed E-state index contributed by atoms with van der Waals surface area (Å²) in [5.41, 5.74) is 6.71. The van der Waals surface area contributed by atoms with Crippen molar-refractivity contribution in [3.63, 3.8) is 0 Å². The number of benzene rings is 1. The predicted octanol–water partition coefficient (Wildman–Crippen LogP) is 1.56. The molecule has 8 heteroatoms. The third kappa shape index (κ3) is 4.03. The number of carbonyl (C=O) groups is 1. The van der Waals surface area contributed by atoms with Gasteiger partial charge in [-0.25, -0.2) is 13.2 Å². The summed E-state index contributed by atoms with van der Waals surface area (Å²) in [5, 5.41) is 0. The molecular weight excluding hydrogens is 340 g/mol. The summed E-state index contributed by atoms with van der Waals surface area (Å²) in [6.45, 7) is 4.48. The Labute approximate surface area is 143 Å². The predicted molar refractivity (Wildman–Crippen MR) is 90.3 cm³/mol. The highest BCUT2D eigenvalue weighted by Crippen LogP contribution is 2.28. The van der Waals surface area contributed by atoms with Crippen LogP contribution in [0.15, 0.2) is 23.1 Å². The number of methoxy groups -OCH3 is 1. The minimum atomic E-state index is -3.63. The summed E-state index contributed by atoms with van der Waals surface area (Å²) < 4.78 is 31.7. The lowest BCUT2D eigenvalue weighted by Crippen LogP contribution is -2.33. The van der Waals surface area contributed by atoms with Gasteiger partial charge in [-0.2, -0.15) is 4.31 Å². The number of hydrogen-bond donors (Lipinski definition) is 1. The molecule has 0 aromatic heterocycles. The number of nitrogens with two attached hydrogens (primary N) is 1. The molecule has 2 atom stereocenters. The Balaban J connectivity index is 0.00000264. The maximum atomic E-state index is 12.8. The third-order valence-corrected chi connectivity index (χ3v) is 6.17. The average molecular weight is 363 g/mol. The zero-order valence-electron chi connectivity index (χ0n) is 13.5. The molecule has 130 valence electrons. The number of hydrogen-bond acceptors (Lipinski definition) is 5. The molecule has 0 bridgehead atoms. The molecule has 0 amide bonds. The summed E-state index contributed by atoms with van der Waals surface area (Å²) in [4.78, 5) is 11.8. The molecule has 2 unspecified atom stereocenters. The van der Waals surface area contributed by atoms with Crippen LogP contribution in [0.1, 0.15) is 29.3 Å². The van der Waals surface area contributed by atoms with E-state index < -0.39 is 16.0 Å². The summed E-state index contributed by atoms with van der Waals surface area (Å²) in [5.74, 6) is -0.384. The Hall–Kier alpha value is -1.15. The van der Waals surface area contributed by atoms with Crippen molar-refractivity contribution in [3.05, 3.63) is 29.3 Å². The molecule has 1 aromatic rings. The van der Waals surface area contributed by atoms with Crippen molar-refractivity contribution in [2.24, 2.45) is 11.7 Å². The van der Waals surface area contributed by atoms with Crippen molar-refractivity contribution in [2.45, 2.75) is 31.2 Å². The van der Waals surface area contributed by atoms with Crippen LogP contribution < -0.4 is 5.73 Å². The maximum Gasteiger partial charge on any atom is 0.337 e. The SMILES string of the molecule is COC(=O)c1ccc(C)c(S(=O)(=O)N2CCC(C(C)N)C2)c1.Cl. The van der Waals surface area contributed by atoms with E-state index in [2.05, 4.69) is 4.74 Å². The number of ether oxygens (including phenoxy) is 1. The van der Waals surface area contributed by atoms with Gasteiger partial charge >= 0.3 is 5.97 Å². The first kappa shape index (κ1) is 19.9. The molecule has 23 heavy (non-hydrogen) atoms. The number of nitrogens with zero attached hydrogens (tertiary/aromatic N) is 1. The first-order valence-corrected chi connectivity index (χ1v) is 8.66. The minimum Gasteiger partial charge on any atom is -0.465 e. The van der Waals surface area contributed by atoms with Crippen LogP contribution in [-0.2, 0) is 14.8 Å². The average Bonchev–Trinajstić information content (AvgIpc) is 2.97. The van der Waals surface area contributed by atoms with Gasteiger partial charge in [-0.05, 0) is 43.9 Å². The Morgan fingerprint density at radius 1 is 1.43 bits per heavy atom. The van der Waals surface area contributed by atoms with Gasteiger partial charge in [0, 0.05) is 19.1 Å². The first-order valence-electron chi connectivity index (χ1n) is 7.22. The van der Waals surface area contributed by atoms with Crippen molar-refractivity contribution in [2.75, 3.05) is 20.2 Å². The highest BCUT2D eigenvalue weighted by Gasteiger charge is 2.35. The van der Waals surface area contributed by atoms with E-state index in [-0.39, 0.29) is 34.8 Å². The molecule has 1 fully saturated rings. The summed E-state index contributed by atoms with van der Waals surface area (Å²) in [7, 11) is -2.36. The van der Waals surface area contributed by atoms with Crippen LogP contribution >= 0.6 is 12.4 Å². The van der Waals surface area contributed by atoms with Crippen LogP contribution in [0.25, 0.3) is 0 Å². The van der Waals surface area contributed by atoms with Gasteiger partial charge in [-0.15, -0.1) is 12.4 Å². The molecule has 1 saturated heterocycles. The number of rotatable bonds is 4. The lowest BCUT2D eigenvalue weighted by atomic mass is 10.0.